The molecule has 0 aliphatic rings. The van der Waals surface area contributed by atoms with Crippen molar-refractivity contribution in [3.05, 3.63) is 75.7 Å². The number of hydrogen-bond acceptors (Lipinski definition) is 6. The molecule has 0 spiro atoms. The molecule has 2 aromatic carbocycles. The summed E-state index contributed by atoms with van der Waals surface area (Å²) < 4.78 is 3.63. The third-order valence-corrected chi connectivity index (χ3v) is 6.48. The van der Waals surface area contributed by atoms with E-state index >= 15 is 0 Å². The van der Waals surface area contributed by atoms with E-state index in [4.69, 9.17) is 4.99 Å². The molecule has 0 unspecified atom stereocenters. The van der Waals surface area contributed by atoms with Gasteiger partial charge in [0.05, 0.1) is 5.69 Å². The lowest BCUT2D eigenvalue weighted by Crippen LogP contribution is -2.23. The van der Waals surface area contributed by atoms with Crippen LogP contribution >= 0.6 is 23.5 Å². The molecule has 3 aromatic rings. The molecule has 0 atom stereocenters. The lowest BCUT2D eigenvalue weighted by molar-refractivity contribution is 0.692. The normalized spacial score (nSPS) is 11.8. The van der Waals surface area contributed by atoms with Gasteiger partial charge in [0.25, 0.3) is 0 Å². The molecule has 1 aromatic heterocycles. The third-order valence-electron chi connectivity index (χ3n) is 4.33. The number of aryl methyl sites for hydroxylation is 2. The predicted octanol–water partition coefficient (Wildman–Crippen LogP) is 3.47. The molecule has 1 heterocycles. The average Bonchev–Trinajstić information content (AvgIpc) is 3.04. The lowest BCUT2D eigenvalue weighted by atomic mass is 10.1. The van der Waals surface area contributed by atoms with E-state index in [2.05, 4.69) is 34.7 Å². The van der Waals surface area contributed by atoms with Crippen LogP contribution in [0.4, 0.5) is 0 Å². The molecule has 28 heavy (non-hydrogen) atoms. The Kier molecular flexibility index (Phi) is 7.11. The van der Waals surface area contributed by atoms with Crippen molar-refractivity contribution >= 4 is 27.9 Å². The fourth-order valence-electron chi connectivity index (χ4n) is 2.76. The second-order valence-corrected chi connectivity index (χ2v) is 8.26. The van der Waals surface area contributed by atoms with Crippen LogP contribution in [0.5, 0.6) is 0 Å². The van der Waals surface area contributed by atoms with Crippen LogP contribution in [-0.2, 0) is 19.2 Å². The molecule has 0 aliphatic heterocycles. The first-order chi connectivity index (χ1) is 13.6. The molecule has 0 aliphatic carbocycles. The van der Waals surface area contributed by atoms with Gasteiger partial charge in [0.1, 0.15) is 4.38 Å². The third kappa shape index (κ3) is 4.94. The first-order valence-corrected chi connectivity index (χ1v) is 11.1. The Morgan fingerprint density at radius 2 is 1.89 bits per heavy atom. The quantitative estimate of drug-likeness (QED) is 0.457. The Balaban J connectivity index is 1.73. The summed E-state index contributed by atoms with van der Waals surface area (Å²) in [6.07, 6.45) is 2.97. The van der Waals surface area contributed by atoms with Crippen LogP contribution in [0.1, 0.15) is 16.7 Å². The molecular formula is C20H23N5OS2. The highest BCUT2D eigenvalue weighted by atomic mass is 32.2. The van der Waals surface area contributed by atoms with Gasteiger partial charge >= 0.3 is 5.69 Å². The number of tetrazole rings is 1. The van der Waals surface area contributed by atoms with Crippen LogP contribution in [0.3, 0.4) is 0 Å². The minimum Gasteiger partial charge on any atom is -0.271 e. The van der Waals surface area contributed by atoms with Gasteiger partial charge in [0.15, 0.2) is 0 Å². The number of thioether (sulfide) groups is 2. The average molecular weight is 414 g/mol. The zero-order chi connectivity index (χ0) is 19.9. The molecule has 8 heteroatoms. The maximum atomic E-state index is 12.3. The first kappa shape index (κ1) is 20.4. The van der Waals surface area contributed by atoms with E-state index in [9.17, 15) is 4.79 Å². The molecule has 3 rings (SSSR count). The Hall–Kier alpha value is -2.32. The fourth-order valence-corrected chi connectivity index (χ4v) is 4.46. The largest absolute Gasteiger partial charge is 0.368 e. The molecular weight excluding hydrogens is 390 g/mol. The minimum atomic E-state index is -0.251. The highest BCUT2D eigenvalue weighted by Gasteiger charge is 2.13. The van der Waals surface area contributed by atoms with Gasteiger partial charge in [-0.05, 0) is 52.8 Å². The van der Waals surface area contributed by atoms with E-state index < -0.39 is 0 Å². The standard InChI is InChI=1S/C20H23N5OS2/c1-15-8-7-11-18(25-20(26)24(2)22-23-25)17(15)14-28-19(27-3)21-13-12-16-9-5-4-6-10-16/h4-11H,12-14H2,1-3H3/b21-19+. The smallest absolute Gasteiger partial charge is 0.271 e. The van der Waals surface area contributed by atoms with Gasteiger partial charge in [-0.25, -0.2) is 4.79 Å². The van der Waals surface area contributed by atoms with E-state index in [1.165, 1.54) is 14.9 Å². The second-order valence-electron chi connectivity index (χ2n) is 6.25. The Morgan fingerprint density at radius 3 is 2.57 bits per heavy atom. The highest BCUT2D eigenvalue weighted by molar-refractivity contribution is 8.38. The summed E-state index contributed by atoms with van der Waals surface area (Å²) in [6.45, 7) is 2.81. The summed E-state index contributed by atoms with van der Waals surface area (Å²) >= 11 is 3.34. The Bertz CT molecular complexity index is 1010. The zero-order valence-electron chi connectivity index (χ0n) is 16.2. The monoisotopic (exact) mass is 413 g/mol. The van der Waals surface area contributed by atoms with Gasteiger partial charge in [-0.2, -0.15) is 9.36 Å². The van der Waals surface area contributed by atoms with E-state index in [0.717, 1.165) is 39.9 Å². The molecule has 0 bridgehead atoms. The van der Waals surface area contributed by atoms with Crippen LogP contribution in [-0.4, -0.2) is 37.0 Å². The molecule has 0 saturated carbocycles. The number of aliphatic imine (C=N–C) groups is 1. The summed E-state index contributed by atoms with van der Waals surface area (Å²) in [5, 5.41) is 7.82. The van der Waals surface area contributed by atoms with Gasteiger partial charge in [-0.15, -0.1) is 11.8 Å². The molecule has 0 amide bonds. The maximum absolute atomic E-state index is 12.3. The Morgan fingerprint density at radius 1 is 1.11 bits per heavy atom. The summed E-state index contributed by atoms with van der Waals surface area (Å²) in [5.41, 5.74) is 4.00. The molecule has 146 valence electrons. The van der Waals surface area contributed by atoms with Crippen molar-refractivity contribution in [3.63, 3.8) is 0 Å². The summed E-state index contributed by atoms with van der Waals surface area (Å²) in [7, 11) is 1.60. The van der Waals surface area contributed by atoms with E-state index in [-0.39, 0.29) is 5.69 Å². The molecule has 6 nitrogen and oxygen atoms in total. The maximum Gasteiger partial charge on any atom is 0.368 e. The summed E-state index contributed by atoms with van der Waals surface area (Å²) in [4.78, 5) is 17.0. The number of aromatic nitrogens is 4. The van der Waals surface area contributed by atoms with Gasteiger partial charge in [-0.3, -0.25) is 4.99 Å². The molecule has 0 radical (unpaired) electrons. The molecule has 0 saturated heterocycles. The van der Waals surface area contributed by atoms with Crippen LogP contribution in [0.15, 0.2) is 58.3 Å². The first-order valence-electron chi connectivity index (χ1n) is 8.93. The SMILES string of the molecule is CS/C(=N\CCc1ccccc1)SCc1c(C)cccc1-n1nnn(C)c1=O. The number of hydrogen-bond donors (Lipinski definition) is 0. The van der Waals surface area contributed by atoms with Crippen LogP contribution in [0.25, 0.3) is 5.69 Å². The lowest BCUT2D eigenvalue weighted by Gasteiger charge is -2.11. The molecule has 0 N–H and O–H groups in total. The van der Waals surface area contributed by atoms with Gasteiger partial charge in [0, 0.05) is 19.3 Å². The number of benzene rings is 2. The Labute approximate surface area is 173 Å². The van der Waals surface area contributed by atoms with Gasteiger partial charge in [-0.1, -0.05) is 54.2 Å². The van der Waals surface area contributed by atoms with Crippen molar-refractivity contribution in [2.24, 2.45) is 12.0 Å². The van der Waals surface area contributed by atoms with Crippen molar-refractivity contribution < 1.29 is 0 Å². The summed E-state index contributed by atoms with van der Waals surface area (Å²) in [6, 6.07) is 16.3. The number of nitrogens with zero attached hydrogens (tertiary/aromatic N) is 5. The zero-order valence-corrected chi connectivity index (χ0v) is 17.8. The van der Waals surface area contributed by atoms with Crippen molar-refractivity contribution in [1.29, 1.82) is 0 Å². The van der Waals surface area contributed by atoms with Crippen molar-refractivity contribution in [1.82, 2.24) is 19.8 Å². The van der Waals surface area contributed by atoms with Gasteiger partial charge in [0.2, 0.25) is 0 Å². The van der Waals surface area contributed by atoms with Crippen molar-refractivity contribution in [2.75, 3.05) is 12.8 Å². The van der Waals surface area contributed by atoms with E-state index in [1.54, 1.807) is 30.6 Å². The summed E-state index contributed by atoms with van der Waals surface area (Å²) in [5.74, 6) is 0.718. The van der Waals surface area contributed by atoms with Crippen molar-refractivity contribution in [2.45, 2.75) is 19.1 Å². The number of rotatable bonds is 6. The topological polar surface area (TPSA) is 65.1 Å². The second kappa shape index (κ2) is 9.75. The van der Waals surface area contributed by atoms with E-state index in [1.807, 2.05) is 37.4 Å². The van der Waals surface area contributed by atoms with Crippen LogP contribution in [0, 0.1) is 6.92 Å². The van der Waals surface area contributed by atoms with Crippen LogP contribution < -0.4 is 5.69 Å². The predicted molar refractivity (Wildman–Crippen MR) is 119 cm³/mol. The highest BCUT2D eigenvalue weighted by Crippen LogP contribution is 2.26. The van der Waals surface area contributed by atoms with E-state index in [0.29, 0.717) is 0 Å². The van der Waals surface area contributed by atoms with Crippen LogP contribution in [0.2, 0.25) is 0 Å². The molecule has 0 fully saturated rings. The minimum absolute atomic E-state index is 0.251. The fraction of sp³-hybridized carbons (Fsp3) is 0.300. The van der Waals surface area contributed by atoms with Gasteiger partial charge < -0.3 is 0 Å². The van der Waals surface area contributed by atoms with Crippen molar-refractivity contribution in [3.8, 4) is 5.69 Å².